The number of hydrogen-bond donors (Lipinski definition) is 0. The number of nitrogens with zero attached hydrogens (tertiary/aromatic N) is 3. The quantitative estimate of drug-likeness (QED) is 0.213. The molecule has 0 aliphatic carbocycles. The molecule has 0 spiro atoms. The van der Waals surface area contributed by atoms with Crippen molar-refractivity contribution >= 4 is 49.7 Å². The number of aromatic nitrogens is 3. The first-order chi connectivity index (χ1) is 15.7. The van der Waals surface area contributed by atoms with Gasteiger partial charge in [-0.2, -0.15) is 0 Å². The van der Waals surface area contributed by atoms with Crippen molar-refractivity contribution in [2.24, 2.45) is 0 Å². The van der Waals surface area contributed by atoms with Gasteiger partial charge in [0.25, 0.3) is 5.78 Å². The molecule has 0 aliphatic heterocycles. The Labute approximate surface area is 216 Å². The molecule has 0 saturated carbocycles. The molecular formula is C24H11Ir2N3O5-2. The van der Waals surface area contributed by atoms with Gasteiger partial charge in [-0.15, -0.1) is 59.3 Å². The van der Waals surface area contributed by atoms with Crippen molar-refractivity contribution in [2.45, 2.75) is 0 Å². The van der Waals surface area contributed by atoms with Crippen LogP contribution in [0.4, 0.5) is 0 Å². The Kier molecular flexibility index (Phi) is 6.59. The van der Waals surface area contributed by atoms with Crippen LogP contribution in [0.5, 0.6) is 0 Å². The zero-order valence-corrected chi connectivity index (χ0v) is 21.7. The maximum Gasteiger partial charge on any atom is 0.302 e. The fourth-order valence-electron chi connectivity index (χ4n) is 3.60. The molecule has 0 fully saturated rings. The van der Waals surface area contributed by atoms with Crippen LogP contribution in [-0.4, -0.2) is 14.4 Å². The van der Waals surface area contributed by atoms with Crippen LogP contribution in [0.2, 0.25) is 0 Å². The SMILES string of the molecule is O=c1oc2c(nc3ccccn32)c2[c-]cccc12.O=c1oc2ocnc2c2[c-]cccc12.[Ir].[Ir]. The van der Waals surface area contributed by atoms with Crippen LogP contribution in [0.25, 0.3) is 49.7 Å². The zero-order valence-electron chi connectivity index (χ0n) is 16.9. The zero-order chi connectivity index (χ0) is 21.7. The Bertz CT molecular complexity index is 1900. The van der Waals surface area contributed by atoms with Crippen molar-refractivity contribution < 1.29 is 53.5 Å². The second-order valence-electron chi connectivity index (χ2n) is 6.88. The van der Waals surface area contributed by atoms with E-state index in [-0.39, 0.29) is 51.6 Å². The van der Waals surface area contributed by atoms with E-state index in [0.29, 0.717) is 38.3 Å². The van der Waals surface area contributed by atoms with E-state index >= 15 is 0 Å². The summed E-state index contributed by atoms with van der Waals surface area (Å²) in [4.78, 5) is 31.8. The molecule has 0 bridgehead atoms. The van der Waals surface area contributed by atoms with E-state index in [4.69, 9.17) is 13.3 Å². The smallest absolute Gasteiger partial charge is 0.302 e. The van der Waals surface area contributed by atoms with Gasteiger partial charge < -0.3 is 13.3 Å². The molecule has 7 aromatic rings. The molecule has 5 aromatic heterocycles. The van der Waals surface area contributed by atoms with Gasteiger partial charge in [-0.3, -0.25) is 24.0 Å². The molecular weight excluding hydrogens is 795 g/mol. The van der Waals surface area contributed by atoms with Crippen LogP contribution in [0, 0.1) is 12.1 Å². The van der Waals surface area contributed by atoms with Gasteiger partial charge in [0.05, 0.1) is 11.0 Å². The standard InChI is InChI=1S/C14H7N2O2.C10H4NO3.2Ir/c17-14-10-6-2-1-5-9(10)12-13(18-14)16-8-4-3-7-11(16)15-12;12-9-7-4-2-1-3-6(7)8-10(14-9)13-5-11-8;;/h1-4,6-8H;1-2,4-5H;;/q2*-1;;. The molecule has 0 saturated heterocycles. The van der Waals surface area contributed by atoms with Gasteiger partial charge in [0.15, 0.2) is 12.1 Å². The van der Waals surface area contributed by atoms with Crippen molar-refractivity contribution in [2.75, 3.05) is 0 Å². The van der Waals surface area contributed by atoms with Gasteiger partial charge in [-0.05, 0) is 22.9 Å². The number of imidazole rings is 1. The molecule has 172 valence electrons. The van der Waals surface area contributed by atoms with Crippen molar-refractivity contribution in [3.63, 3.8) is 0 Å². The summed E-state index contributed by atoms with van der Waals surface area (Å²) in [6.07, 6.45) is 3.07. The average Bonchev–Trinajstić information content (AvgIpc) is 3.45. The fourth-order valence-corrected chi connectivity index (χ4v) is 3.60. The molecule has 0 atom stereocenters. The van der Waals surface area contributed by atoms with Crippen molar-refractivity contribution in [1.29, 1.82) is 0 Å². The molecule has 0 unspecified atom stereocenters. The minimum absolute atomic E-state index is 0. The summed E-state index contributed by atoms with van der Waals surface area (Å²) < 4.78 is 16.9. The molecule has 7 rings (SSSR count). The second kappa shape index (κ2) is 9.44. The van der Waals surface area contributed by atoms with Gasteiger partial charge in [-0.25, -0.2) is 0 Å². The topological polar surface area (TPSA) is 104 Å². The van der Waals surface area contributed by atoms with E-state index in [1.54, 1.807) is 40.8 Å². The average molecular weight is 806 g/mol. The molecule has 0 amide bonds. The summed E-state index contributed by atoms with van der Waals surface area (Å²) in [5.41, 5.74) is 1.61. The maximum atomic E-state index is 11.9. The minimum Gasteiger partial charge on any atom is -0.420 e. The summed E-state index contributed by atoms with van der Waals surface area (Å²) in [7, 11) is 0. The van der Waals surface area contributed by atoms with E-state index in [1.807, 2.05) is 24.4 Å². The molecule has 10 heteroatoms. The first-order valence-corrected chi connectivity index (χ1v) is 9.58. The number of rotatable bonds is 0. The van der Waals surface area contributed by atoms with Gasteiger partial charge in [0, 0.05) is 46.4 Å². The summed E-state index contributed by atoms with van der Waals surface area (Å²) in [5.74, 6) is 0.143. The number of fused-ring (bicyclic) bond motifs is 8. The Morgan fingerprint density at radius 2 is 1.47 bits per heavy atom. The van der Waals surface area contributed by atoms with Crippen molar-refractivity contribution in [3.8, 4) is 0 Å². The van der Waals surface area contributed by atoms with Gasteiger partial charge in [0.2, 0.25) is 0 Å². The Morgan fingerprint density at radius 1 is 0.794 bits per heavy atom. The maximum absolute atomic E-state index is 11.9. The molecule has 5 heterocycles. The van der Waals surface area contributed by atoms with E-state index in [1.165, 1.54) is 6.39 Å². The third kappa shape index (κ3) is 3.81. The first-order valence-electron chi connectivity index (χ1n) is 9.58. The molecule has 0 N–H and O–H groups in total. The number of pyridine rings is 1. The summed E-state index contributed by atoms with van der Waals surface area (Å²) in [6.45, 7) is 0. The number of oxazole rings is 1. The van der Waals surface area contributed by atoms with E-state index in [2.05, 4.69) is 22.1 Å². The normalized spacial score (nSPS) is 10.7. The van der Waals surface area contributed by atoms with Crippen molar-refractivity contribution in [1.82, 2.24) is 14.4 Å². The monoisotopic (exact) mass is 807 g/mol. The molecule has 8 nitrogen and oxygen atoms in total. The van der Waals surface area contributed by atoms with Gasteiger partial charge >= 0.3 is 11.3 Å². The fraction of sp³-hybridized carbons (Fsp3) is 0. The summed E-state index contributed by atoms with van der Waals surface area (Å²) in [5, 5.41) is 2.31. The van der Waals surface area contributed by atoms with Crippen molar-refractivity contribution in [3.05, 3.63) is 100 Å². The van der Waals surface area contributed by atoms with Crippen LogP contribution in [0.15, 0.2) is 90.0 Å². The van der Waals surface area contributed by atoms with Crippen LogP contribution < -0.4 is 11.3 Å². The Morgan fingerprint density at radius 3 is 2.21 bits per heavy atom. The number of hydrogen-bond acceptors (Lipinski definition) is 7. The van der Waals surface area contributed by atoms with E-state index < -0.39 is 5.63 Å². The van der Waals surface area contributed by atoms with E-state index in [0.717, 1.165) is 5.65 Å². The third-order valence-corrected chi connectivity index (χ3v) is 5.02. The van der Waals surface area contributed by atoms with Crippen LogP contribution in [-0.2, 0) is 40.2 Å². The number of benzene rings is 2. The van der Waals surface area contributed by atoms with E-state index in [9.17, 15) is 9.59 Å². The van der Waals surface area contributed by atoms with Crippen LogP contribution in [0.1, 0.15) is 0 Å². The predicted octanol–water partition coefficient (Wildman–Crippen LogP) is 4.12. The summed E-state index contributed by atoms with van der Waals surface area (Å²) >= 11 is 0. The second-order valence-corrected chi connectivity index (χ2v) is 6.88. The van der Waals surface area contributed by atoms with Crippen LogP contribution in [0.3, 0.4) is 0 Å². The minimum atomic E-state index is -0.430. The van der Waals surface area contributed by atoms with Crippen LogP contribution >= 0.6 is 0 Å². The Hall–Kier alpha value is -3.42. The Balaban J connectivity index is 0.000000156. The van der Waals surface area contributed by atoms with Gasteiger partial charge in [-0.1, -0.05) is 6.07 Å². The predicted molar refractivity (Wildman–Crippen MR) is 116 cm³/mol. The first kappa shape index (κ1) is 23.7. The summed E-state index contributed by atoms with van der Waals surface area (Å²) in [6, 6.07) is 22.0. The molecule has 2 radical (unpaired) electrons. The molecule has 0 aliphatic rings. The van der Waals surface area contributed by atoms with Gasteiger partial charge in [0.1, 0.15) is 5.65 Å². The largest absolute Gasteiger partial charge is 0.420 e. The molecule has 2 aromatic carbocycles. The third-order valence-electron chi connectivity index (χ3n) is 5.02. The molecule has 34 heavy (non-hydrogen) atoms.